The molecule has 3 aliphatic carbocycles. The number of aryl methyl sites for hydroxylation is 1. The summed E-state index contributed by atoms with van der Waals surface area (Å²) in [5.74, 6) is 0. The minimum Gasteiger partial charge on any atom is -0.310 e. The predicted octanol–water partition coefficient (Wildman–Crippen LogP) is 17.2. The molecule has 9 aromatic carbocycles. The first-order valence-electron chi connectivity index (χ1n) is 23.4. The van der Waals surface area contributed by atoms with Gasteiger partial charge in [-0.1, -0.05) is 204 Å². The summed E-state index contributed by atoms with van der Waals surface area (Å²) in [6.45, 7) is 12.1. The first-order valence-corrected chi connectivity index (χ1v) is 23.4. The third-order valence-electron chi connectivity index (χ3n) is 15.3. The molecule has 1 nitrogen and oxygen atoms in total. The molecular formula is C64H53N. The second kappa shape index (κ2) is 14.7. The van der Waals surface area contributed by atoms with Crippen molar-refractivity contribution in [3.05, 3.63) is 245 Å². The van der Waals surface area contributed by atoms with Crippen molar-refractivity contribution in [2.24, 2.45) is 0 Å². The summed E-state index contributed by atoms with van der Waals surface area (Å²) < 4.78 is 0. The molecule has 0 aliphatic heterocycles. The SMILES string of the molecule is Cc1cc2c(cc1N(c1ccc(-c3ccccc3)cc1)c1cc3c(cc1-c1ccc(-c4ccccc4)cc1)-c1ccccc1C31c3ccccc3-c3ccccc31)C(C)(C)CCC2(C)C. The molecule has 0 unspecified atom stereocenters. The summed E-state index contributed by atoms with van der Waals surface area (Å²) in [5.41, 5.74) is 25.3. The Balaban J connectivity index is 1.18. The summed E-state index contributed by atoms with van der Waals surface area (Å²) >= 11 is 0. The van der Waals surface area contributed by atoms with E-state index in [9.17, 15) is 0 Å². The maximum atomic E-state index is 2.60. The molecule has 0 radical (unpaired) electrons. The summed E-state index contributed by atoms with van der Waals surface area (Å²) in [6, 6.07) is 77.8. The highest BCUT2D eigenvalue weighted by atomic mass is 15.1. The van der Waals surface area contributed by atoms with Crippen LogP contribution in [0, 0.1) is 6.92 Å². The van der Waals surface area contributed by atoms with Gasteiger partial charge in [0.15, 0.2) is 0 Å². The number of nitrogens with zero attached hydrogens (tertiary/aromatic N) is 1. The summed E-state index contributed by atoms with van der Waals surface area (Å²) in [5, 5.41) is 0. The van der Waals surface area contributed by atoms with Crippen LogP contribution < -0.4 is 4.90 Å². The van der Waals surface area contributed by atoms with Gasteiger partial charge in [-0.15, -0.1) is 0 Å². The highest BCUT2D eigenvalue weighted by molar-refractivity contribution is 6.00. The molecule has 3 aliphatic rings. The fourth-order valence-corrected chi connectivity index (χ4v) is 11.8. The Morgan fingerprint density at radius 3 is 1.25 bits per heavy atom. The highest BCUT2D eigenvalue weighted by Gasteiger charge is 2.52. The number of rotatable bonds is 6. The van der Waals surface area contributed by atoms with Gasteiger partial charge in [-0.2, -0.15) is 0 Å². The van der Waals surface area contributed by atoms with Crippen LogP contribution in [0.15, 0.2) is 206 Å². The van der Waals surface area contributed by atoms with Crippen LogP contribution in [0.5, 0.6) is 0 Å². The molecule has 1 heteroatoms. The van der Waals surface area contributed by atoms with Gasteiger partial charge in [0.05, 0.1) is 11.1 Å². The van der Waals surface area contributed by atoms with Crippen LogP contribution in [0.1, 0.15) is 79.5 Å². The molecular weight excluding hydrogens is 783 g/mol. The van der Waals surface area contributed by atoms with E-state index < -0.39 is 5.41 Å². The van der Waals surface area contributed by atoms with Gasteiger partial charge >= 0.3 is 0 Å². The fraction of sp³-hybridized carbons (Fsp3) is 0.156. The zero-order valence-corrected chi connectivity index (χ0v) is 38.0. The second-order valence-corrected chi connectivity index (χ2v) is 19.9. The molecule has 0 saturated carbocycles. The van der Waals surface area contributed by atoms with Gasteiger partial charge in [-0.25, -0.2) is 0 Å². The first kappa shape index (κ1) is 39.4. The Kier molecular flexibility index (Phi) is 8.88. The molecule has 9 aromatic rings. The molecule has 0 atom stereocenters. The number of hydrogen-bond acceptors (Lipinski definition) is 1. The first-order chi connectivity index (χ1) is 31.6. The monoisotopic (exact) mass is 835 g/mol. The van der Waals surface area contributed by atoms with Crippen molar-refractivity contribution < 1.29 is 0 Å². The fourth-order valence-electron chi connectivity index (χ4n) is 11.8. The average Bonchev–Trinajstić information content (AvgIpc) is 3.81. The van der Waals surface area contributed by atoms with Crippen molar-refractivity contribution in [1.29, 1.82) is 0 Å². The number of benzene rings is 9. The Morgan fingerprint density at radius 2 is 0.723 bits per heavy atom. The highest BCUT2D eigenvalue weighted by Crippen LogP contribution is 2.64. The van der Waals surface area contributed by atoms with Crippen LogP contribution in [0.2, 0.25) is 0 Å². The normalized spacial score (nSPS) is 15.4. The Bertz CT molecular complexity index is 3250. The van der Waals surface area contributed by atoms with Crippen LogP contribution in [0.4, 0.5) is 17.1 Å². The van der Waals surface area contributed by atoms with Crippen molar-refractivity contribution in [3.8, 4) is 55.6 Å². The Labute approximate surface area is 384 Å². The van der Waals surface area contributed by atoms with Gasteiger partial charge in [-0.05, 0) is 150 Å². The lowest BCUT2D eigenvalue weighted by atomic mass is 9.63. The minimum atomic E-state index is -0.483. The van der Waals surface area contributed by atoms with Crippen LogP contribution in [0.3, 0.4) is 0 Å². The molecule has 0 amide bonds. The van der Waals surface area contributed by atoms with E-state index in [0.29, 0.717) is 0 Å². The van der Waals surface area contributed by atoms with Gasteiger partial charge in [-0.3, -0.25) is 0 Å². The third kappa shape index (κ3) is 5.98. The predicted molar refractivity (Wildman–Crippen MR) is 274 cm³/mol. The Hall–Kier alpha value is -7.22. The summed E-state index contributed by atoms with van der Waals surface area (Å²) in [7, 11) is 0. The lowest BCUT2D eigenvalue weighted by Gasteiger charge is -2.43. The van der Waals surface area contributed by atoms with E-state index in [2.05, 4.69) is 246 Å². The van der Waals surface area contributed by atoms with Crippen LogP contribution in [-0.4, -0.2) is 0 Å². The Morgan fingerprint density at radius 1 is 0.323 bits per heavy atom. The number of fused-ring (bicyclic) bond motifs is 11. The molecule has 12 rings (SSSR count). The smallest absolute Gasteiger partial charge is 0.0726 e. The van der Waals surface area contributed by atoms with E-state index in [1.165, 1.54) is 112 Å². The van der Waals surface area contributed by atoms with Gasteiger partial charge in [0, 0.05) is 16.9 Å². The van der Waals surface area contributed by atoms with Crippen LogP contribution in [0.25, 0.3) is 55.6 Å². The maximum Gasteiger partial charge on any atom is 0.0726 e. The van der Waals surface area contributed by atoms with Crippen molar-refractivity contribution in [2.75, 3.05) is 4.90 Å². The van der Waals surface area contributed by atoms with E-state index in [1.54, 1.807) is 0 Å². The summed E-state index contributed by atoms with van der Waals surface area (Å²) in [6.07, 6.45) is 2.33. The number of anilines is 3. The van der Waals surface area contributed by atoms with Crippen molar-refractivity contribution >= 4 is 17.1 Å². The zero-order chi connectivity index (χ0) is 44.1. The van der Waals surface area contributed by atoms with Gasteiger partial charge < -0.3 is 4.90 Å². The standard InChI is InChI=1S/C64H53N/c1-42-38-58-59(63(4,5)37-36-62(58,2)3)41-60(42)65(48-34-32-46(33-35-48)44-20-10-7-11-21-44)61-40-57-53(39-52(61)47-30-28-45(29-31-47)43-18-8-6-9-19-43)51-24-14-17-27-56(51)64(57)54-25-15-12-22-49(54)50-23-13-16-26-55(50)64/h6-35,38-41H,36-37H2,1-5H3. The topological polar surface area (TPSA) is 3.24 Å². The molecule has 1 spiro atoms. The lowest BCUT2D eigenvalue weighted by molar-refractivity contribution is 0.332. The molecule has 0 fully saturated rings. The quantitative estimate of drug-likeness (QED) is 0.161. The molecule has 0 aromatic heterocycles. The molecule has 65 heavy (non-hydrogen) atoms. The van der Waals surface area contributed by atoms with E-state index in [-0.39, 0.29) is 10.8 Å². The third-order valence-corrected chi connectivity index (χ3v) is 15.3. The largest absolute Gasteiger partial charge is 0.310 e. The van der Waals surface area contributed by atoms with Crippen molar-refractivity contribution in [3.63, 3.8) is 0 Å². The average molecular weight is 836 g/mol. The lowest BCUT2D eigenvalue weighted by Crippen LogP contribution is -2.34. The zero-order valence-electron chi connectivity index (χ0n) is 38.0. The molecule has 0 bridgehead atoms. The van der Waals surface area contributed by atoms with Crippen molar-refractivity contribution in [2.45, 2.75) is 63.7 Å². The molecule has 0 N–H and O–H groups in total. The van der Waals surface area contributed by atoms with Gasteiger partial charge in [0.1, 0.15) is 0 Å². The minimum absolute atomic E-state index is 0.0349. The van der Waals surface area contributed by atoms with E-state index in [0.717, 1.165) is 12.1 Å². The number of hydrogen-bond donors (Lipinski definition) is 0. The maximum absolute atomic E-state index is 2.60. The van der Waals surface area contributed by atoms with Gasteiger partial charge in [0.25, 0.3) is 0 Å². The summed E-state index contributed by atoms with van der Waals surface area (Å²) in [4.78, 5) is 2.60. The van der Waals surface area contributed by atoms with Crippen LogP contribution in [-0.2, 0) is 16.2 Å². The van der Waals surface area contributed by atoms with Crippen molar-refractivity contribution in [1.82, 2.24) is 0 Å². The second-order valence-electron chi connectivity index (χ2n) is 19.9. The van der Waals surface area contributed by atoms with E-state index >= 15 is 0 Å². The van der Waals surface area contributed by atoms with E-state index in [1.807, 2.05) is 0 Å². The van der Waals surface area contributed by atoms with E-state index in [4.69, 9.17) is 0 Å². The molecule has 0 heterocycles. The van der Waals surface area contributed by atoms with Crippen LogP contribution >= 0.6 is 0 Å². The molecule has 0 saturated heterocycles. The van der Waals surface area contributed by atoms with Gasteiger partial charge in [0.2, 0.25) is 0 Å². The molecule has 314 valence electrons.